The zero-order valence-corrected chi connectivity index (χ0v) is 17.2. The van der Waals surface area contributed by atoms with Crippen LogP contribution < -0.4 is 4.74 Å². The summed E-state index contributed by atoms with van der Waals surface area (Å²) in [6, 6.07) is 8.40. The third-order valence-electron chi connectivity index (χ3n) is 6.11. The number of benzene rings is 1. The number of nitrogens with zero attached hydrogens (tertiary/aromatic N) is 4. The van der Waals surface area contributed by atoms with Crippen LogP contribution in [-0.2, 0) is 17.9 Å². The number of hydrogen-bond acceptors (Lipinski definition) is 4. The Bertz CT molecular complexity index is 746. The molecule has 4 rings (SSSR count). The van der Waals surface area contributed by atoms with E-state index in [1.165, 1.54) is 24.8 Å². The van der Waals surface area contributed by atoms with E-state index < -0.39 is 0 Å². The average Bonchev–Trinajstić information content (AvgIpc) is 3.29. The first-order valence-electron chi connectivity index (χ1n) is 11.0. The topological polar surface area (TPSA) is 50.6 Å². The highest BCUT2D eigenvalue weighted by atomic mass is 16.5. The molecule has 3 heterocycles. The minimum Gasteiger partial charge on any atom is -0.492 e. The van der Waals surface area contributed by atoms with Gasteiger partial charge in [-0.25, -0.2) is 4.98 Å². The van der Waals surface area contributed by atoms with E-state index >= 15 is 0 Å². The van der Waals surface area contributed by atoms with Crippen molar-refractivity contribution in [2.45, 2.75) is 45.2 Å². The predicted octanol–water partition coefficient (Wildman–Crippen LogP) is 3.19. The molecule has 0 N–H and O–H groups in total. The lowest BCUT2D eigenvalue weighted by Gasteiger charge is -2.35. The van der Waals surface area contributed by atoms with Crippen molar-refractivity contribution in [1.29, 1.82) is 0 Å². The lowest BCUT2D eigenvalue weighted by atomic mass is 9.94. The summed E-state index contributed by atoms with van der Waals surface area (Å²) in [5.74, 6) is 1.54. The number of amides is 1. The van der Waals surface area contributed by atoms with E-state index in [0.717, 1.165) is 57.9 Å². The first-order chi connectivity index (χ1) is 14.3. The number of imidazole rings is 1. The maximum Gasteiger partial charge on any atom is 0.225 e. The largest absolute Gasteiger partial charge is 0.492 e. The Morgan fingerprint density at radius 1 is 1.03 bits per heavy atom. The van der Waals surface area contributed by atoms with Crippen molar-refractivity contribution in [3.8, 4) is 5.75 Å². The van der Waals surface area contributed by atoms with Crippen molar-refractivity contribution < 1.29 is 9.53 Å². The molecule has 0 radical (unpaired) electrons. The highest BCUT2D eigenvalue weighted by molar-refractivity contribution is 5.79. The van der Waals surface area contributed by atoms with Gasteiger partial charge in [0.05, 0.1) is 12.9 Å². The number of aromatic nitrogens is 2. The van der Waals surface area contributed by atoms with Crippen LogP contribution in [0.3, 0.4) is 0 Å². The molecule has 6 heteroatoms. The molecule has 2 aliphatic rings. The minimum atomic E-state index is 0.232. The monoisotopic (exact) mass is 396 g/mol. The number of hydrogen-bond donors (Lipinski definition) is 0. The normalized spacial score (nSPS) is 18.7. The van der Waals surface area contributed by atoms with E-state index in [2.05, 4.69) is 39.0 Å². The lowest BCUT2D eigenvalue weighted by molar-refractivity contribution is -0.138. The summed E-state index contributed by atoms with van der Waals surface area (Å²) in [6.07, 6.45) is 11.1. The lowest BCUT2D eigenvalue weighted by Crippen LogP contribution is -2.44. The van der Waals surface area contributed by atoms with Gasteiger partial charge < -0.3 is 14.2 Å². The van der Waals surface area contributed by atoms with Crippen LogP contribution in [0.2, 0.25) is 0 Å². The summed E-state index contributed by atoms with van der Waals surface area (Å²) in [5.41, 5.74) is 1.30. The van der Waals surface area contributed by atoms with Gasteiger partial charge >= 0.3 is 0 Å². The number of rotatable bonds is 7. The molecule has 2 aliphatic heterocycles. The van der Waals surface area contributed by atoms with E-state index in [4.69, 9.17) is 4.74 Å². The molecular weight excluding hydrogens is 364 g/mol. The maximum atomic E-state index is 12.7. The van der Waals surface area contributed by atoms with Gasteiger partial charge in [-0.15, -0.1) is 0 Å². The molecule has 0 unspecified atom stereocenters. The van der Waals surface area contributed by atoms with Gasteiger partial charge in [0.25, 0.3) is 0 Å². The van der Waals surface area contributed by atoms with Crippen LogP contribution >= 0.6 is 0 Å². The van der Waals surface area contributed by atoms with Crippen molar-refractivity contribution in [2.24, 2.45) is 5.92 Å². The fourth-order valence-corrected chi connectivity index (χ4v) is 4.35. The van der Waals surface area contributed by atoms with Crippen molar-refractivity contribution in [2.75, 3.05) is 32.8 Å². The number of likely N-dealkylation sites (tertiary alicyclic amines) is 2. The molecule has 156 valence electrons. The molecule has 2 fully saturated rings. The molecule has 29 heavy (non-hydrogen) atoms. The number of piperidine rings is 2. The van der Waals surface area contributed by atoms with Crippen LogP contribution in [0, 0.1) is 5.92 Å². The fourth-order valence-electron chi connectivity index (χ4n) is 4.35. The van der Waals surface area contributed by atoms with Crippen LogP contribution in [-0.4, -0.2) is 58.0 Å². The second-order valence-corrected chi connectivity index (χ2v) is 8.23. The summed E-state index contributed by atoms with van der Waals surface area (Å²) >= 11 is 0. The highest BCUT2D eigenvalue weighted by Gasteiger charge is 2.29. The third-order valence-corrected chi connectivity index (χ3v) is 6.11. The second-order valence-electron chi connectivity index (χ2n) is 8.23. The Morgan fingerprint density at radius 3 is 2.48 bits per heavy atom. The van der Waals surface area contributed by atoms with E-state index in [1.54, 1.807) is 12.5 Å². The van der Waals surface area contributed by atoms with E-state index in [-0.39, 0.29) is 5.92 Å². The number of carbonyl (C=O) groups excluding carboxylic acids is 1. The predicted molar refractivity (Wildman–Crippen MR) is 113 cm³/mol. The molecule has 0 atom stereocenters. The van der Waals surface area contributed by atoms with Gasteiger partial charge in [0.1, 0.15) is 12.4 Å². The van der Waals surface area contributed by atoms with Crippen LogP contribution in [0.1, 0.15) is 37.7 Å². The zero-order chi connectivity index (χ0) is 19.9. The fraction of sp³-hybridized carbons (Fsp3) is 0.565. The summed E-state index contributed by atoms with van der Waals surface area (Å²) in [4.78, 5) is 21.3. The van der Waals surface area contributed by atoms with Crippen LogP contribution in [0.15, 0.2) is 43.0 Å². The van der Waals surface area contributed by atoms with Crippen molar-refractivity contribution >= 4 is 5.91 Å². The first-order valence-corrected chi connectivity index (χ1v) is 11.0. The molecule has 2 saturated heterocycles. The quantitative estimate of drug-likeness (QED) is 0.721. The second kappa shape index (κ2) is 9.92. The smallest absolute Gasteiger partial charge is 0.225 e. The average molecular weight is 397 g/mol. The molecule has 2 aromatic rings. The van der Waals surface area contributed by atoms with Gasteiger partial charge in [-0.1, -0.05) is 12.1 Å². The van der Waals surface area contributed by atoms with Crippen molar-refractivity contribution in [3.05, 3.63) is 48.5 Å². The molecule has 0 bridgehead atoms. The standard InChI is InChI=1S/C23H32N4O2/c28-23(27-11-2-1-3-12-27)21-8-13-25(14-9-21)18-20-4-6-22(7-5-20)29-17-16-26-15-10-24-19-26/h4-7,10,15,19,21H,1-3,8-9,11-14,16-18H2. The van der Waals surface area contributed by atoms with Gasteiger partial charge in [0.2, 0.25) is 5.91 Å². The van der Waals surface area contributed by atoms with Gasteiger partial charge in [0, 0.05) is 37.9 Å². The Morgan fingerprint density at radius 2 is 1.79 bits per heavy atom. The van der Waals surface area contributed by atoms with Gasteiger partial charge in [-0.05, 0) is 62.9 Å². The van der Waals surface area contributed by atoms with E-state index in [0.29, 0.717) is 12.5 Å². The highest BCUT2D eigenvalue weighted by Crippen LogP contribution is 2.23. The summed E-state index contributed by atoms with van der Waals surface area (Å²) in [5, 5.41) is 0. The molecule has 0 saturated carbocycles. The third kappa shape index (κ3) is 5.60. The van der Waals surface area contributed by atoms with E-state index in [1.807, 2.05) is 10.8 Å². The Kier molecular flexibility index (Phi) is 6.83. The van der Waals surface area contributed by atoms with E-state index in [9.17, 15) is 4.79 Å². The summed E-state index contributed by atoms with van der Waals surface area (Å²) in [6.45, 7) is 6.33. The molecule has 1 aromatic heterocycles. The molecule has 6 nitrogen and oxygen atoms in total. The summed E-state index contributed by atoms with van der Waals surface area (Å²) < 4.78 is 7.83. The molecular formula is C23H32N4O2. The zero-order valence-electron chi connectivity index (χ0n) is 17.2. The van der Waals surface area contributed by atoms with Gasteiger partial charge in [0.15, 0.2) is 0 Å². The Hall–Kier alpha value is -2.34. The number of ether oxygens (including phenoxy) is 1. The molecule has 0 spiro atoms. The maximum absolute atomic E-state index is 12.7. The molecule has 0 aliphatic carbocycles. The van der Waals surface area contributed by atoms with Crippen LogP contribution in [0.25, 0.3) is 0 Å². The van der Waals surface area contributed by atoms with Crippen molar-refractivity contribution in [3.63, 3.8) is 0 Å². The first kappa shape index (κ1) is 20.0. The minimum absolute atomic E-state index is 0.232. The SMILES string of the molecule is O=C(C1CCN(Cc2ccc(OCCn3ccnc3)cc2)CC1)N1CCCCC1. The van der Waals surface area contributed by atoms with Crippen LogP contribution in [0.4, 0.5) is 0 Å². The Balaban J connectivity index is 1.18. The van der Waals surface area contributed by atoms with Crippen LogP contribution in [0.5, 0.6) is 5.75 Å². The summed E-state index contributed by atoms with van der Waals surface area (Å²) in [7, 11) is 0. The number of carbonyl (C=O) groups is 1. The molecule has 1 aromatic carbocycles. The Labute approximate surface area is 173 Å². The molecule has 1 amide bonds. The van der Waals surface area contributed by atoms with Gasteiger partial charge in [-0.3, -0.25) is 9.69 Å². The van der Waals surface area contributed by atoms with Gasteiger partial charge in [-0.2, -0.15) is 0 Å². The van der Waals surface area contributed by atoms with Crippen molar-refractivity contribution in [1.82, 2.24) is 19.4 Å².